The summed E-state index contributed by atoms with van der Waals surface area (Å²) in [6.07, 6.45) is 1.29. The van der Waals surface area contributed by atoms with Gasteiger partial charge in [0.1, 0.15) is 25.1 Å². The van der Waals surface area contributed by atoms with Gasteiger partial charge in [0.25, 0.3) is 0 Å². The number of halogens is 2. The molecule has 7 nitrogen and oxygen atoms in total. The highest BCUT2D eigenvalue weighted by Gasteiger charge is 2.15. The Morgan fingerprint density at radius 2 is 1.70 bits per heavy atom. The number of nitrogens with zero attached hydrogens (tertiary/aromatic N) is 5. The zero-order valence-corrected chi connectivity index (χ0v) is 13.3. The summed E-state index contributed by atoms with van der Waals surface area (Å²) in [7, 11) is 0. The highest BCUT2D eigenvalue weighted by Crippen LogP contribution is 2.30. The minimum Gasteiger partial charge on any atom is -0.393 e. The zero-order chi connectivity index (χ0) is 16.8. The predicted octanol–water partition coefficient (Wildman–Crippen LogP) is 2.96. The van der Waals surface area contributed by atoms with Crippen molar-refractivity contribution >= 4 is 46.2 Å². The van der Waals surface area contributed by atoms with Crippen molar-refractivity contribution in [1.82, 2.24) is 9.97 Å². The molecule has 0 unspecified atom stereocenters. The quantitative estimate of drug-likeness (QED) is 0.798. The van der Waals surface area contributed by atoms with Gasteiger partial charge in [0.15, 0.2) is 11.6 Å². The van der Waals surface area contributed by atoms with Crippen molar-refractivity contribution in [3.05, 3.63) is 34.6 Å². The number of hydrogen-bond donors (Lipinski definition) is 2. The molecule has 0 saturated heterocycles. The van der Waals surface area contributed by atoms with E-state index in [4.69, 9.17) is 39.5 Å². The Morgan fingerprint density at radius 1 is 1.09 bits per heavy atom. The van der Waals surface area contributed by atoms with E-state index in [0.29, 0.717) is 27.4 Å². The second-order valence-electron chi connectivity index (χ2n) is 4.41. The van der Waals surface area contributed by atoms with Gasteiger partial charge in [-0.1, -0.05) is 23.2 Å². The molecule has 0 bridgehead atoms. The fraction of sp³-hybridized carbons (Fsp3) is 0.143. The Bertz CT molecular complexity index is 758. The van der Waals surface area contributed by atoms with Crippen LogP contribution >= 0.6 is 23.2 Å². The van der Waals surface area contributed by atoms with E-state index < -0.39 is 0 Å². The standard InChI is InChI=1S/C14H11Cl2N7/c15-9-5-10(16)7-11(6-9)22-13-12(19)14(21-8-20-13)23(3-1-17)4-2-18/h5-8H,3-4,19H2,(H,20,21,22). The molecule has 116 valence electrons. The van der Waals surface area contributed by atoms with Crippen molar-refractivity contribution in [3.8, 4) is 12.1 Å². The Morgan fingerprint density at radius 3 is 2.26 bits per heavy atom. The molecule has 23 heavy (non-hydrogen) atoms. The maximum atomic E-state index is 8.85. The summed E-state index contributed by atoms with van der Waals surface area (Å²) in [4.78, 5) is 9.57. The minimum atomic E-state index is -0.0167. The molecule has 0 radical (unpaired) electrons. The van der Waals surface area contributed by atoms with Gasteiger partial charge in [-0.05, 0) is 18.2 Å². The Kier molecular flexibility index (Phi) is 5.42. The molecule has 0 spiro atoms. The van der Waals surface area contributed by atoms with Gasteiger partial charge in [-0.25, -0.2) is 9.97 Å². The van der Waals surface area contributed by atoms with Crippen LogP contribution in [0.15, 0.2) is 24.5 Å². The Balaban J connectivity index is 2.36. The molecule has 1 heterocycles. The molecule has 0 amide bonds. The number of nitrogen functional groups attached to an aromatic ring is 1. The molecule has 9 heteroatoms. The molecule has 1 aromatic carbocycles. The van der Waals surface area contributed by atoms with Crippen molar-refractivity contribution in [2.24, 2.45) is 0 Å². The Labute approximate surface area is 142 Å². The smallest absolute Gasteiger partial charge is 0.159 e. The monoisotopic (exact) mass is 347 g/mol. The summed E-state index contributed by atoms with van der Waals surface area (Å²) in [5.74, 6) is 0.632. The normalized spacial score (nSPS) is 9.74. The van der Waals surface area contributed by atoms with E-state index in [-0.39, 0.29) is 18.8 Å². The van der Waals surface area contributed by atoms with Crippen LogP contribution in [0.25, 0.3) is 0 Å². The Hall–Kier alpha value is -2.74. The lowest BCUT2D eigenvalue weighted by Gasteiger charge is -2.20. The summed E-state index contributed by atoms with van der Waals surface area (Å²) < 4.78 is 0. The first-order valence-electron chi connectivity index (χ1n) is 6.37. The molecule has 2 rings (SSSR count). The van der Waals surface area contributed by atoms with Crippen molar-refractivity contribution in [1.29, 1.82) is 10.5 Å². The highest BCUT2D eigenvalue weighted by molar-refractivity contribution is 6.35. The number of anilines is 4. The molecule has 2 aromatic rings. The lowest BCUT2D eigenvalue weighted by molar-refractivity contribution is 0.930. The average Bonchev–Trinajstić information content (AvgIpc) is 2.48. The fourth-order valence-corrected chi connectivity index (χ4v) is 2.40. The maximum absolute atomic E-state index is 8.85. The number of aromatic nitrogens is 2. The lowest BCUT2D eigenvalue weighted by atomic mass is 10.3. The third-order valence-electron chi connectivity index (χ3n) is 2.81. The number of nitrogens with one attached hydrogen (secondary N) is 1. The van der Waals surface area contributed by atoms with Gasteiger partial charge in [0.2, 0.25) is 0 Å². The van der Waals surface area contributed by atoms with Crippen LogP contribution in [0.5, 0.6) is 0 Å². The zero-order valence-electron chi connectivity index (χ0n) is 11.8. The van der Waals surface area contributed by atoms with E-state index in [2.05, 4.69) is 15.3 Å². The maximum Gasteiger partial charge on any atom is 0.159 e. The van der Waals surface area contributed by atoms with Crippen LogP contribution in [0.2, 0.25) is 10.0 Å². The summed E-state index contributed by atoms with van der Waals surface area (Å²) >= 11 is 11.9. The van der Waals surface area contributed by atoms with Gasteiger partial charge >= 0.3 is 0 Å². The van der Waals surface area contributed by atoms with E-state index in [0.717, 1.165) is 0 Å². The van der Waals surface area contributed by atoms with E-state index in [9.17, 15) is 0 Å². The number of benzene rings is 1. The third kappa shape index (κ3) is 4.13. The second kappa shape index (κ2) is 7.50. The van der Waals surface area contributed by atoms with Crippen LogP contribution in [0.4, 0.5) is 23.0 Å². The third-order valence-corrected chi connectivity index (χ3v) is 3.25. The van der Waals surface area contributed by atoms with E-state index in [1.165, 1.54) is 11.2 Å². The minimum absolute atomic E-state index is 0.0167. The van der Waals surface area contributed by atoms with Gasteiger partial charge < -0.3 is 16.0 Å². The van der Waals surface area contributed by atoms with Crippen molar-refractivity contribution in [2.45, 2.75) is 0 Å². The summed E-state index contributed by atoms with van der Waals surface area (Å²) in [5.41, 5.74) is 6.87. The highest BCUT2D eigenvalue weighted by atomic mass is 35.5. The molecule has 0 atom stereocenters. The number of nitrogens with two attached hydrogens (primary N) is 1. The van der Waals surface area contributed by atoms with E-state index >= 15 is 0 Å². The molecule has 0 saturated carbocycles. The van der Waals surface area contributed by atoms with Gasteiger partial charge in [-0.2, -0.15) is 10.5 Å². The number of rotatable bonds is 5. The van der Waals surface area contributed by atoms with Crippen LogP contribution in [0, 0.1) is 22.7 Å². The van der Waals surface area contributed by atoms with Crippen LogP contribution in [-0.4, -0.2) is 23.1 Å². The predicted molar refractivity (Wildman–Crippen MR) is 89.6 cm³/mol. The first-order chi connectivity index (χ1) is 11.0. The van der Waals surface area contributed by atoms with Gasteiger partial charge in [-0.15, -0.1) is 0 Å². The molecular weight excluding hydrogens is 337 g/mol. The topological polar surface area (TPSA) is 115 Å². The van der Waals surface area contributed by atoms with Gasteiger partial charge in [0, 0.05) is 15.7 Å². The van der Waals surface area contributed by atoms with Crippen LogP contribution in [0.1, 0.15) is 0 Å². The largest absolute Gasteiger partial charge is 0.393 e. The number of nitriles is 2. The second-order valence-corrected chi connectivity index (χ2v) is 5.29. The molecule has 0 aliphatic rings. The number of hydrogen-bond acceptors (Lipinski definition) is 7. The van der Waals surface area contributed by atoms with Crippen LogP contribution in [0.3, 0.4) is 0 Å². The van der Waals surface area contributed by atoms with E-state index in [1.807, 2.05) is 12.1 Å². The van der Waals surface area contributed by atoms with Crippen molar-refractivity contribution in [2.75, 3.05) is 29.0 Å². The first-order valence-corrected chi connectivity index (χ1v) is 7.13. The molecule has 0 aliphatic heterocycles. The van der Waals surface area contributed by atoms with Crippen LogP contribution in [-0.2, 0) is 0 Å². The molecule has 0 fully saturated rings. The summed E-state index contributed by atoms with van der Waals surface area (Å²) in [6.45, 7) is -0.0333. The summed E-state index contributed by atoms with van der Waals surface area (Å²) in [5, 5.41) is 21.6. The van der Waals surface area contributed by atoms with Gasteiger partial charge in [0.05, 0.1) is 12.1 Å². The van der Waals surface area contributed by atoms with E-state index in [1.54, 1.807) is 18.2 Å². The van der Waals surface area contributed by atoms with Crippen LogP contribution < -0.4 is 16.0 Å². The van der Waals surface area contributed by atoms with Gasteiger partial charge in [-0.3, -0.25) is 0 Å². The lowest BCUT2D eigenvalue weighted by Crippen LogP contribution is -2.26. The molecule has 1 aromatic heterocycles. The van der Waals surface area contributed by atoms with Crippen molar-refractivity contribution < 1.29 is 0 Å². The first kappa shape index (κ1) is 16.6. The molecule has 3 N–H and O–H groups in total. The van der Waals surface area contributed by atoms with Crippen molar-refractivity contribution in [3.63, 3.8) is 0 Å². The fourth-order valence-electron chi connectivity index (χ4n) is 1.88. The molecular formula is C14H11Cl2N7. The molecule has 0 aliphatic carbocycles. The SMILES string of the molecule is N#CCN(CC#N)c1ncnc(Nc2cc(Cl)cc(Cl)c2)c1N. The summed E-state index contributed by atoms with van der Waals surface area (Å²) in [6, 6.07) is 8.86. The average molecular weight is 348 g/mol.